The number of methoxy groups -OCH3 is 1. The number of halogens is 1. The fraction of sp³-hybridized carbons (Fsp3) is 0.261. The van der Waals surface area contributed by atoms with Gasteiger partial charge in [-0.25, -0.2) is 4.39 Å². The van der Waals surface area contributed by atoms with Crippen molar-refractivity contribution in [2.24, 2.45) is 0 Å². The van der Waals surface area contributed by atoms with Gasteiger partial charge in [-0.2, -0.15) is 0 Å². The molecule has 3 aromatic rings. The molecule has 6 nitrogen and oxygen atoms in total. The van der Waals surface area contributed by atoms with Crippen LogP contribution in [-0.2, 0) is 9.53 Å². The zero-order valence-electron chi connectivity index (χ0n) is 17.1. The molecule has 0 bridgehead atoms. The first-order valence-electron chi connectivity index (χ1n) is 10.1. The zero-order valence-corrected chi connectivity index (χ0v) is 17.9. The number of pyridine rings is 1. The topological polar surface area (TPSA) is 59.4 Å². The summed E-state index contributed by atoms with van der Waals surface area (Å²) in [4.78, 5) is 18.2. The van der Waals surface area contributed by atoms with E-state index in [4.69, 9.17) is 17.0 Å². The molecule has 3 heterocycles. The highest BCUT2D eigenvalue weighted by Crippen LogP contribution is 2.39. The molecular formula is C23H23FN4O2S. The second-order valence-electron chi connectivity index (χ2n) is 7.25. The van der Waals surface area contributed by atoms with Gasteiger partial charge in [0, 0.05) is 31.1 Å². The Balaban J connectivity index is 1.73. The van der Waals surface area contributed by atoms with Gasteiger partial charge in [0.25, 0.3) is 0 Å². The molecule has 0 spiro atoms. The lowest BCUT2D eigenvalue weighted by Gasteiger charge is -2.29. The summed E-state index contributed by atoms with van der Waals surface area (Å²) in [6.45, 7) is 0.553. The lowest BCUT2D eigenvalue weighted by atomic mass is 10.0. The summed E-state index contributed by atoms with van der Waals surface area (Å²) in [6, 6.07) is 15.8. The van der Waals surface area contributed by atoms with Crippen molar-refractivity contribution >= 4 is 23.3 Å². The number of para-hydroxylation sites is 1. The number of carbonyl (C=O) groups is 1. The molecule has 0 amide bonds. The molecule has 8 heteroatoms. The van der Waals surface area contributed by atoms with Crippen LogP contribution in [0, 0.1) is 5.82 Å². The van der Waals surface area contributed by atoms with E-state index in [1.54, 1.807) is 18.3 Å². The summed E-state index contributed by atoms with van der Waals surface area (Å²) in [5.41, 5.74) is 2.19. The van der Waals surface area contributed by atoms with Gasteiger partial charge in [0.1, 0.15) is 5.82 Å². The largest absolute Gasteiger partial charge is 0.469 e. The van der Waals surface area contributed by atoms with Crippen molar-refractivity contribution in [1.29, 1.82) is 0 Å². The molecule has 1 saturated heterocycles. The molecular weight excluding hydrogens is 415 g/mol. The third-order valence-electron chi connectivity index (χ3n) is 5.40. The van der Waals surface area contributed by atoms with Gasteiger partial charge >= 0.3 is 5.97 Å². The summed E-state index contributed by atoms with van der Waals surface area (Å²) in [6.07, 6.45) is 4.47. The molecule has 1 aromatic carbocycles. The van der Waals surface area contributed by atoms with Gasteiger partial charge < -0.3 is 19.5 Å². The van der Waals surface area contributed by atoms with Gasteiger partial charge in [-0.05, 0) is 55.0 Å². The number of thiocarbonyl (C=S) groups is 1. The first-order chi connectivity index (χ1) is 15.1. The van der Waals surface area contributed by atoms with E-state index in [1.807, 2.05) is 52.1 Å². The highest BCUT2D eigenvalue weighted by atomic mass is 32.1. The Morgan fingerprint density at radius 3 is 2.74 bits per heavy atom. The molecule has 0 saturated carbocycles. The Bertz CT molecular complexity index is 1070. The van der Waals surface area contributed by atoms with Crippen LogP contribution >= 0.6 is 12.2 Å². The van der Waals surface area contributed by atoms with E-state index >= 15 is 0 Å². The van der Waals surface area contributed by atoms with Crippen LogP contribution in [-0.4, -0.2) is 39.2 Å². The van der Waals surface area contributed by atoms with Crippen LogP contribution in [0.15, 0.2) is 67.0 Å². The quantitative estimate of drug-likeness (QED) is 0.446. The normalized spacial score (nSPS) is 18.1. The first kappa shape index (κ1) is 21.0. The van der Waals surface area contributed by atoms with Crippen LogP contribution in [0.3, 0.4) is 0 Å². The van der Waals surface area contributed by atoms with Gasteiger partial charge in [0.05, 0.1) is 30.6 Å². The molecule has 2 aromatic heterocycles. The van der Waals surface area contributed by atoms with E-state index in [9.17, 15) is 9.18 Å². The number of hydrogen-bond acceptors (Lipinski definition) is 4. The number of nitrogens with one attached hydrogen (secondary N) is 1. The minimum absolute atomic E-state index is 0.216. The van der Waals surface area contributed by atoms with E-state index in [2.05, 4.69) is 10.3 Å². The number of aromatic nitrogens is 2. The first-order valence-corrected chi connectivity index (χ1v) is 10.5. The van der Waals surface area contributed by atoms with Crippen molar-refractivity contribution < 1.29 is 13.9 Å². The third kappa shape index (κ3) is 4.29. The van der Waals surface area contributed by atoms with Gasteiger partial charge in [-0.3, -0.25) is 9.78 Å². The van der Waals surface area contributed by atoms with Crippen LogP contribution in [0.2, 0.25) is 0 Å². The number of ether oxygens (including phenoxy) is 1. The highest BCUT2D eigenvalue weighted by molar-refractivity contribution is 7.80. The minimum atomic E-state index is -0.305. The Morgan fingerprint density at radius 2 is 2.00 bits per heavy atom. The fourth-order valence-electron chi connectivity index (χ4n) is 3.97. The summed E-state index contributed by atoms with van der Waals surface area (Å²) in [5.74, 6) is -0.564. The zero-order chi connectivity index (χ0) is 21.8. The van der Waals surface area contributed by atoms with Crippen LogP contribution in [0.25, 0.3) is 5.69 Å². The van der Waals surface area contributed by atoms with Crippen molar-refractivity contribution in [2.45, 2.75) is 24.9 Å². The number of esters is 1. The van der Waals surface area contributed by atoms with Crippen LogP contribution in [0.4, 0.5) is 4.39 Å². The van der Waals surface area contributed by atoms with E-state index in [0.717, 1.165) is 11.4 Å². The lowest BCUT2D eigenvalue weighted by molar-refractivity contribution is -0.140. The minimum Gasteiger partial charge on any atom is -0.469 e. The van der Waals surface area contributed by atoms with Crippen LogP contribution in [0.1, 0.15) is 36.3 Å². The van der Waals surface area contributed by atoms with Crippen LogP contribution in [0.5, 0.6) is 0 Å². The van der Waals surface area contributed by atoms with E-state index in [-0.39, 0.29) is 23.9 Å². The molecule has 0 radical (unpaired) electrons. The smallest absolute Gasteiger partial charge is 0.305 e. The number of benzene rings is 1. The van der Waals surface area contributed by atoms with Gasteiger partial charge in [-0.15, -0.1) is 0 Å². The summed E-state index contributed by atoms with van der Waals surface area (Å²) in [5, 5.41) is 3.95. The Kier molecular flexibility index (Phi) is 6.27. The summed E-state index contributed by atoms with van der Waals surface area (Å²) in [7, 11) is 1.38. The molecule has 1 N–H and O–H groups in total. The molecule has 160 valence electrons. The monoisotopic (exact) mass is 438 g/mol. The molecule has 31 heavy (non-hydrogen) atoms. The second kappa shape index (κ2) is 9.26. The van der Waals surface area contributed by atoms with E-state index in [1.165, 1.54) is 13.2 Å². The van der Waals surface area contributed by atoms with E-state index < -0.39 is 0 Å². The predicted octanol–water partition coefficient (Wildman–Crippen LogP) is 3.94. The van der Waals surface area contributed by atoms with E-state index in [0.29, 0.717) is 30.2 Å². The van der Waals surface area contributed by atoms with Crippen molar-refractivity contribution in [3.8, 4) is 5.69 Å². The molecule has 1 fully saturated rings. The summed E-state index contributed by atoms with van der Waals surface area (Å²) >= 11 is 5.65. The maximum absolute atomic E-state index is 14.6. The summed E-state index contributed by atoms with van der Waals surface area (Å²) < 4.78 is 21.2. The number of rotatable bonds is 7. The molecule has 1 aliphatic heterocycles. The van der Waals surface area contributed by atoms with Crippen molar-refractivity contribution in [3.63, 3.8) is 0 Å². The van der Waals surface area contributed by atoms with Gasteiger partial charge in [-0.1, -0.05) is 18.2 Å². The van der Waals surface area contributed by atoms with Crippen LogP contribution < -0.4 is 5.32 Å². The van der Waals surface area contributed by atoms with Crippen molar-refractivity contribution in [2.75, 3.05) is 13.7 Å². The second-order valence-corrected chi connectivity index (χ2v) is 7.64. The average molecular weight is 439 g/mol. The van der Waals surface area contributed by atoms with Crippen molar-refractivity contribution in [3.05, 3.63) is 84.2 Å². The Morgan fingerprint density at radius 1 is 1.19 bits per heavy atom. The van der Waals surface area contributed by atoms with Crippen molar-refractivity contribution in [1.82, 2.24) is 19.8 Å². The molecule has 0 unspecified atom stereocenters. The predicted molar refractivity (Wildman–Crippen MR) is 119 cm³/mol. The molecule has 2 atom stereocenters. The molecule has 4 rings (SSSR count). The Labute approximate surface area is 185 Å². The molecule has 0 aliphatic carbocycles. The average Bonchev–Trinajstić information content (AvgIpc) is 3.39. The maximum Gasteiger partial charge on any atom is 0.305 e. The SMILES string of the molecule is COC(=O)CCCN1C(=S)N[C@H](c2ccccn2)[C@H]1c1cccn1-c1ccccc1F. The number of hydrogen-bond donors (Lipinski definition) is 1. The highest BCUT2D eigenvalue weighted by Gasteiger charge is 2.41. The Hall–Kier alpha value is -3.26. The maximum atomic E-state index is 14.6. The fourth-order valence-corrected chi connectivity index (χ4v) is 4.30. The van der Waals surface area contributed by atoms with Gasteiger partial charge in [0.15, 0.2) is 5.11 Å². The number of carbonyl (C=O) groups excluding carboxylic acids is 1. The third-order valence-corrected chi connectivity index (χ3v) is 5.75. The number of nitrogens with zero attached hydrogens (tertiary/aromatic N) is 3. The standard InChI is InChI=1S/C23H23FN4O2S/c1-30-20(29)12-7-15-28-22(21(26-23(28)31)17-9-4-5-13-25-17)19-11-6-14-27(19)18-10-3-2-8-16(18)24/h2-6,8-11,13-14,21-22H,7,12,15H2,1H3,(H,26,31)/t21-,22-/m1/s1. The molecule has 1 aliphatic rings. The van der Waals surface area contributed by atoms with Gasteiger partial charge in [0.2, 0.25) is 0 Å². The lowest BCUT2D eigenvalue weighted by Crippen LogP contribution is -2.31.